The van der Waals surface area contributed by atoms with E-state index in [9.17, 15) is 0 Å². The van der Waals surface area contributed by atoms with E-state index in [2.05, 4.69) is 124 Å². The van der Waals surface area contributed by atoms with Crippen LogP contribution in [0.25, 0.3) is 49.2 Å². The molecule has 0 aliphatic carbocycles. The molecule has 6 aromatic rings. The molecule has 0 saturated carbocycles. The number of nitrogens with zero attached hydrogens (tertiary/aromatic N) is 2. The van der Waals surface area contributed by atoms with Crippen LogP contribution in [0.15, 0.2) is 140 Å². The van der Waals surface area contributed by atoms with Crippen LogP contribution in [0.5, 0.6) is 0 Å². The number of aromatic nitrogens is 2. The quantitative estimate of drug-likeness (QED) is 0.221. The molecule has 0 bridgehead atoms. The molecular weight excluding hydrogens is 512 g/mol. The van der Waals surface area contributed by atoms with Crippen LogP contribution in [-0.4, -0.2) is 16.5 Å². The Kier molecular flexibility index (Phi) is 5.89. The molecule has 0 radical (unpaired) electrons. The zero-order chi connectivity index (χ0) is 27.9. The first-order chi connectivity index (χ1) is 20.8. The van der Waals surface area contributed by atoms with Gasteiger partial charge in [0.1, 0.15) is 0 Å². The third kappa shape index (κ3) is 4.25. The van der Waals surface area contributed by atoms with Gasteiger partial charge in [-0.15, -0.1) is 0 Å². The SMILES string of the molecule is C1=CC(c2ccc3c4ccc(C5=CC=C(c6cccnc6)CN5)cc4c4ccccc4c3c2)NC=C1c1cccnc1. The normalized spacial score (nSPS) is 16.5. The average Bonchev–Trinajstić information content (AvgIpc) is 3.09. The van der Waals surface area contributed by atoms with E-state index in [0.717, 1.165) is 28.9 Å². The number of hydrogen-bond acceptors (Lipinski definition) is 4. The van der Waals surface area contributed by atoms with Crippen molar-refractivity contribution >= 4 is 49.2 Å². The van der Waals surface area contributed by atoms with Crippen LogP contribution in [0.2, 0.25) is 0 Å². The Morgan fingerprint density at radius 2 is 1.33 bits per heavy atom. The molecule has 0 fully saturated rings. The lowest BCUT2D eigenvalue weighted by atomic mass is 9.90. The van der Waals surface area contributed by atoms with E-state index in [-0.39, 0.29) is 6.04 Å². The summed E-state index contributed by atoms with van der Waals surface area (Å²) in [5.74, 6) is 0. The molecule has 0 amide bonds. The fourth-order valence-electron chi connectivity index (χ4n) is 6.18. The summed E-state index contributed by atoms with van der Waals surface area (Å²) in [5.41, 5.74) is 8.22. The van der Waals surface area contributed by atoms with E-state index in [4.69, 9.17) is 0 Å². The lowest BCUT2D eigenvalue weighted by Gasteiger charge is -2.21. The van der Waals surface area contributed by atoms with Crippen LogP contribution in [0.3, 0.4) is 0 Å². The molecule has 2 aliphatic heterocycles. The molecule has 42 heavy (non-hydrogen) atoms. The zero-order valence-corrected chi connectivity index (χ0v) is 23.0. The van der Waals surface area contributed by atoms with Crippen molar-refractivity contribution in [2.75, 3.05) is 6.54 Å². The van der Waals surface area contributed by atoms with E-state index in [1.165, 1.54) is 49.0 Å². The van der Waals surface area contributed by atoms with Gasteiger partial charge in [0, 0.05) is 48.8 Å². The molecule has 1 unspecified atom stereocenters. The van der Waals surface area contributed by atoms with Crippen molar-refractivity contribution in [1.82, 2.24) is 20.6 Å². The Labute approximate surface area is 244 Å². The van der Waals surface area contributed by atoms with E-state index in [0.29, 0.717) is 0 Å². The number of nitrogens with one attached hydrogen (secondary N) is 2. The molecule has 2 aromatic heterocycles. The minimum atomic E-state index is 0.112. The summed E-state index contributed by atoms with van der Waals surface area (Å²) >= 11 is 0. The molecule has 4 aromatic carbocycles. The van der Waals surface area contributed by atoms with E-state index < -0.39 is 0 Å². The third-order valence-electron chi connectivity index (χ3n) is 8.37. The summed E-state index contributed by atoms with van der Waals surface area (Å²) in [7, 11) is 0. The highest BCUT2D eigenvalue weighted by molar-refractivity contribution is 6.25. The maximum absolute atomic E-state index is 4.27. The lowest BCUT2D eigenvalue weighted by molar-refractivity contribution is 0.750. The first-order valence-corrected chi connectivity index (χ1v) is 14.3. The molecule has 8 rings (SSSR count). The maximum Gasteiger partial charge on any atom is 0.0696 e. The van der Waals surface area contributed by atoms with Gasteiger partial charge in [-0.2, -0.15) is 0 Å². The van der Waals surface area contributed by atoms with Gasteiger partial charge in [0.2, 0.25) is 0 Å². The van der Waals surface area contributed by atoms with Gasteiger partial charge in [-0.25, -0.2) is 0 Å². The van der Waals surface area contributed by atoms with E-state index in [1.54, 1.807) is 6.20 Å². The number of hydrogen-bond donors (Lipinski definition) is 2. The van der Waals surface area contributed by atoms with Gasteiger partial charge in [-0.3, -0.25) is 9.97 Å². The van der Waals surface area contributed by atoms with Gasteiger partial charge in [0.15, 0.2) is 0 Å². The summed E-state index contributed by atoms with van der Waals surface area (Å²) < 4.78 is 0. The first kappa shape index (κ1) is 24.3. The van der Waals surface area contributed by atoms with Gasteiger partial charge in [0.25, 0.3) is 0 Å². The van der Waals surface area contributed by atoms with Crippen LogP contribution >= 0.6 is 0 Å². The summed E-state index contributed by atoms with van der Waals surface area (Å²) in [6, 6.07) is 30.8. The number of fused-ring (bicyclic) bond motifs is 6. The van der Waals surface area contributed by atoms with Crippen molar-refractivity contribution in [2.24, 2.45) is 0 Å². The number of rotatable bonds is 4. The van der Waals surface area contributed by atoms with Crippen molar-refractivity contribution in [1.29, 1.82) is 0 Å². The standard InChI is InChI=1S/C38H28N4/c1-2-8-32-31(7-1)35-19-25(37-15-11-29(23-41-37)27-5-3-17-39-21-27)9-13-33(35)34-14-10-26(20-36(32)34)38-16-12-30(24-42-38)28-6-4-18-40-22-28/h1-23,37,41-42H,24H2. The molecule has 4 heteroatoms. The third-order valence-corrected chi connectivity index (χ3v) is 8.37. The Morgan fingerprint density at radius 1 is 0.619 bits per heavy atom. The van der Waals surface area contributed by atoms with Gasteiger partial charge in [-0.05, 0) is 90.5 Å². The molecule has 4 nitrogen and oxygen atoms in total. The second-order valence-electron chi connectivity index (χ2n) is 10.8. The van der Waals surface area contributed by atoms with E-state index >= 15 is 0 Å². The highest BCUT2D eigenvalue weighted by Gasteiger charge is 2.16. The molecule has 0 spiro atoms. The fraction of sp³-hybridized carbons (Fsp3) is 0.0526. The number of allylic oxidation sites excluding steroid dienone is 4. The van der Waals surface area contributed by atoms with Crippen molar-refractivity contribution in [3.63, 3.8) is 0 Å². The molecule has 1 atom stereocenters. The Balaban J connectivity index is 1.18. The zero-order valence-electron chi connectivity index (χ0n) is 23.0. The van der Waals surface area contributed by atoms with Gasteiger partial charge >= 0.3 is 0 Å². The highest BCUT2D eigenvalue weighted by atomic mass is 14.9. The molecule has 0 saturated heterocycles. The molecule has 2 aliphatic rings. The monoisotopic (exact) mass is 540 g/mol. The smallest absolute Gasteiger partial charge is 0.0696 e. The predicted octanol–water partition coefficient (Wildman–Crippen LogP) is 8.21. The second-order valence-corrected chi connectivity index (χ2v) is 10.8. The highest BCUT2D eigenvalue weighted by Crippen LogP contribution is 2.38. The minimum Gasteiger partial charge on any atom is -0.380 e. The molecule has 200 valence electrons. The Bertz CT molecular complexity index is 2080. The minimum absolute atomic E-state index is 0.112. The van der Waals surface area contributed by atoms with Gasteiger partial charge in [0.05, 0.1) is 6.04 Å². The Morgan fingerprint density at radius 3 is 2.00 bits per heavy atom. The van der Waals surface area contributed by atoms with Gasteiger partial charge < -0.3 is 10.6 Å². The summed E-state index contributed by atoms with van der Waals surface area (Å²) in [6.45, 7) is 0.777. The van der Waals surface area contributed by atoms with Crippen molar-refractivity contribution in [3.05, 3.63) is 162 Å². The second kappa shape index (κ2) is 10.2. The summed E-state index contributed by atoms with van der Waals surface area (Å²) in [5, 5.41) is 14.9. The largest absolute Gasteiger partial charge is 0.380 e. The van der Waals surface area contributed by atoms with Crippen LogP contribution in [0, 0.1) is 0 Å². The van der Waals surface area contributed by atoms with Crippen molar-refractivity contribution in [2.45, 2.75) is 6.04 Å². The number of dihydropyridines is 2. The van der Waals surface area contributed by atoms with Crippen LogP contribution < -0.4 is 10.6 Å². The number of benzene rings is 4. The van der Waals surface area contributed by atoms with Gasteiger partial charge in [-0.1, -0.05) is 78.9 Å². The number of pyridine rings is 2. The molecule has 2 N–H and O–H groups in total. The van der Waals surface area contributed by atoms with Crippen molar-refractivity contribution in [3.8, 4) is 0 Å². The van der Waals surface area contributed by atoms with Crippen LogP contribution in [0.4, 0.5) is 0 Å². The lowest BCUT2D eigenvalue weighted by Crippen LogP contribution is -2.18. The molecule has 4 heterocycles. The maximum atomic E-state index is 4.27. The molecular formula is C38H28N4. The average molecular weight is 541 g/mol. The summed E-state index contributed by atoms with van der Waals surface area (Å²) in [6.07, 6.45) is 18.3. The van der Waals surface area contributed by atoms with Crippen molar-refractivity contribution < 1.29 is 0 Å². The topological polar surface area (TPSA) is 49.8 Å². The Hall–Kier alpha value is -5.48. The van der Waals surface area contributed by atoms with Crippen LogP contribution in [-0.2, 0) is 0 Å². The first-order valence-electron chi connectivity index (χ1n) is 14.3. The predicted molar refractivity (Wildman–Crippen MR) is 174 cm³/mol. The van der Waals surface area contributed by atoms with Crippen LogP contribution in [0.1, 0.15) is 28.3 Å². The van der Waals surface area contributed by atoms with E-state index in [1.807, 2.05) is 30.7 Å². The fourth-order valence-corrected chi connectivity index (χ4v) is 6.18. The summed E-state index contributed by atoms with van der Waals surface area (Å²) in [4.78, 5) is 8.53.